The first-order valence-electron chi connectivity index (χ1n) is 4.78. The maximum absolute atomic E-state index is 11.7. The van der Waals surface area contributed by atoms with Gasteiger partial charge >= 0.3 is 0 Å². The van der Waals surface area contributed by atoms with Crippen LogP contribution >= 0.6 is 0 Å². The third kappa shape index (κ3) is 1.32. The molecule has 4 nitrogen and oxygen atoms in total. The molecule has 4 heteroatoms. The summed E-state index contributed by atoms with van der Waals surface area (Å²) in [7, 11) is 0. The van der Waals surface area contributed by atoms with Gasteiger partial charge in [0.15, 0.2) is 5.76 Å². The van der Waals surface area contributed by atoms with Gasteiger partial charge in [0, 0.05) is 0 Å². The van der Waals surface area contributed by atoms with E-state index in [4.69, 9.17) is 8.83 Å². The van der Waals surface area contributed by atoms with Crippen molar-refractivity contribution in [1.82, 2.24) is 4.98 Å². The SMILES string of the molecule is O=c1nc(-c2ccco2)oc2ccccc12. The van der Waals surface area contributed by atoms with Crippen molar-refractivity contribution in [2.75, 3.05) is 0 Å². The molecule has 78 valence electrons. The Hall–Kier alpha value is -2.36. The summed E-state index contributed by atoms with van der Waals surface area (Å²) in [5.74, 6) is 0.650. The molecular formula is C12H7NO3. The van der Waals surface area contributed by atoms with Gasteiger partial charge in [0.05, 0.1) is 11.6 Å². The highest BCUT2D eigenvalue weighted by atomic mass is 16.4. The third-order valence-electron chi connectivity index (χ3n) is 2.26. The quantitative estimate of drug-likeness (QED) is 0.623. The highest BCUT2D eigenvalue weighted by Crippen LogP contribution is 2.19. The van der Waals surface area contributed by atoms with Crippen LogP contribution in [0.1, 0.15) is 0 Å². The molecule has 0 radical (unpaired) electrons. The number of para-hydroxylation sites is 1. The van der Waals surface area contributed by atoms with Gasteiger partial charge in [0.25, 0.3) is 11.4 Å². The van der Waals surface area contributed by atoms with E-state index in [1.54, 1.807) is 36.4 Å². The maximum atomic E-state index is 11.7. The Morgan fingerprint density at radius 1 is 1.06 bits per heavy atom. The molecular weight excluding hydrogens is 206 g/mol. The standard InChI is InChI=1S/C12H7NO3/c14-11-8-4-1-2-5-9(8)16-12(13-11)10-6-3-7-15-10/h1-7H. The average molecular weight is 213 g/mol. The second-order valence-electron chi connectivity index (χ2n) is 3.30. The fourth-order valence-electron chi connectivity index (χ4n) is 1.52. The van der Waals surface area contributed by atoms with Gasteiger partial charge in [0.1, 0.15) is 5.58 Å². The maximum Gasteiger partial charge on any atom is 0.284 e. The van der Waals surface area contributed by atoms with Crippen LogP contribution in [0.15, 0.2) is 56.3 Å². The molecule has 0 saturated heterocycles. The number of benzene rings is 1. The number of nitrogens with zero attached hydrogens (tertiary/aromatic N) is 1. The van der Waals surface area contributed by atoms with Gasteiger partial charge in [-0.2, -0.15) is 4.98 Å². The normalized spacial score (nSPS) is 10.8. The van der Waals surface area contributed by atoms with Crippen molar-refractivity contribution in [2.24, 2.45) is 0 Å². The molecule has 0 saturated carbocycles. The minimum atomic E-state index is -0.312. The molecule has 0 aliphatic heterocycles. The van der Waals surface area contributed by atoms with Crippen molar-refractivity contribution in [3.63, 3.8) is 0 Å². The van der Waals surface area contributed by atoms with Crippen LogP contribution in [0.4, 0.5) is 0 Å². The van der Waals surface area contributed by atoms with E-state index in [-0.39, 0.29) is 11.4 Å². The molecule has 0 N–H and O–H groups in total. The van der Waals surface area contributed by atoms with Gasteiger partial charge in [0.2, 0.25) is 0 Å². The Labute approximate surface area is 90.2 Å². The van der Waals surface area contributed by atoms with Crippen molar-refractivity contribution < 1.29 is 8.83 Å². The van der Waals surface area contributed by atoms with Gasteiger partial charge in [-0.3, -0.25) is 4.79 Å². The Morgan fingerprint density at radius 2 is 1.94 bits per heavy atom. The molecule has 3 aromatic rings. The second kappa shape index (κ2) is 3.34. The van der Waals surface area contributed by atoms with Gasteiger partial charge in [-0.05, 0) is 24.3 Å². The van der Waals surface area contributed by atoms with Crippen molar-refractivity contribution in [3.05, 3.63) is 53.0 Å². The number of fused-ring (bicyclic) bond motifs is 1. The summed E-state index contributed by atoms with van der Waals surface area (Å²) < 4.78 is 10.6. The van der Waals surface area contributed by atoms with E-state index in [9.17, 15) is 4.79 Å². The van der Waals surface area contributed by atoms with Gasteiger partial charge in [-0.15, -0.1) is 0 Å². The van der Waals surface area contributed by atoms with Crippen molar-refractivity contribution in [1.29, 1.82) is 0 Å². The van der Waals surface area contributed by atoms with Crippen LogP contribution in [-0.4, -0.2) is 4.98 Å². The van der Waals surface area contributed by atoms with E-state index in [0.29, 0.717) is 16.7 Å². The molecule has 0 fully saturated rings. The minimum Gasteiger partial charge on any atom is -0.459 e. The lowest BCUT2D eigenvalue weighted by molar-refractivity contribution is 0.523. The molecule has 0 unspecified atom stereocenters. The van der Waals surface area contributed by atoms with Crippen LogP contribution in [0.2, 0.25) is 0 Å². The zero-order valence-corrected chi connectivity index (χ0v) is 8.21. The summed E-state index contributed by atoms with van der Waals surface area (Å²) in [4.78, 5) is 15.5. The molecule has 2 heterocycles. The molecule has 0 bridgehead atoms. The molecule has 16 heavy (non-hydrogen) atoms. The molecule has 0 atom stereocenters. The number of aromatic nitrogens is 1. The summed E-state index contributed by atoms with van der Waals surface area (Å²) >= 11 is 0. The van der Waals surface area contributed by atoms with Crippen molar-refractivity contribution in [2.45, 2.75) is 0 Å². The molecule has 0 amide bonds. The van der Waals surface area contributed by atoms with Crippen LogP contribution < -0.4 is 5.56 Å². The minimum absolute atomic E-state index is 0.202. The summed E-state index contributed by atoms with van der Waals surface area (Å²) in [5, 5.41) is 0.470. The zero-order chi connectivity index (χ0) is 11.0. The smallest absolute Gasteiger partial charge is 0.284 e. The Bertz CT molecular complexity index is 683. The molecule has 0 aliphatic carbocycles. The summed E-state index contributed by atoms with van der Waals surface area (Å²) in [6.07, 6.45) is 1.51. The van der Waals surface area contributed by atoms with Crippen molar-refractivity contribution >= 4 is 11.0 Å². The van der Waals surface area contributed by atoms with Crippen LogP contribution in [0.3, 0.4) is 0 Å². The van der Waals surface area contributed by atoms with Crippen LogP contribution in [-0.2, 0) is 0 Å². The lowest BCUT2D eigenvalue weighted by Gasteiger charge is -1.97. The monoisotopic (exact) mass is 213 g/mol. The van der Waals surface area contributed by atoms with E-state index < -0.39 is 0 Å². The Kier molecular flexibility index (Phi) is 1.86. The zero-order valence-electron chi connectivity index (χ0n) is 8.21. The fourth-order valence-corrected chi connectivity index (χ4v) is 1.52. The summed E-state index contributed by atoms with van der Waals surface area (Å²) in [6.45, 7) is 0. The lowest BCUT2D eigenvalue weighted by Crippen LogP contribution is -2.06. The predicted molar refractivity (Wildman–Crippen MR) is 58.0 cm³/mol. The first-order chi connectivity index (χ1) is 7.84. The third-order valence-corrected chi connectivity index (χ3v) is 2.26. The van der Waals surface area contributed by atoms with E-state index >= 15 is 0 Å². The van der Waals surface area contributed by atoms with E-state index in [1.807, 2.05) is 0 Å². The van der Waals surface area contributed by atoms with Crippen molar-refractivity contribution in [3.8, 4) is 11.7 Å². The number of hydrogen-bond acceptors (Lipinski definition) is 4. The molecule has 1 aromatic carbocycles. The van der Waals surface area contributed by atoms with E-state index in [0.717, 1.165) is 0 Å². The number of furan rings is 1. The van der Waals surface area contributed by atoms with Crippen LogP contribution in [0.5, 0.6) is 0 Å². The fraction of sp³-hybridized carbons (Fsp3) is 0. The van der Waals surface area contributed by atoms with Gasteiger partial charge in [-0.1, -0.05) is 12.1 Å². The second-order valence-corrected chi connectivity index (χ2v) is 3.30. The summed E-state index contributed by atoms with van der Waals surface area (Å²) in [6, 6.07) is 10.4. The predicted octanol–water partition coefficient (Wildman–Crippen LogP) is 2.45. The molecule has 0 aliphatic rings. The van der Waals surface area contributed by atoms with Gasteiger partial charge < -0.3 is 8.83 Å². The average Bonchev–Trinajstić information content (AvgIpc) is 2.82. The number of rotatable bonds is 1. The number of hydrogen-bond donors (Lipinski definition) is 0. The Balaban J connectivity index is 2.34. The largest absolute Gasteiger partial charge is 0.459 e. The van der Waals surface area contributed by atoms with Gasteiger partial charge in [-0.25, -0.2) is 0 Å². The van der Waals surface area contributed by atoms with Crippen LogP contribution in [0.25, 0.3) is 22.6 Å². The molecule has 2 aromatic heterocycles. The van der Waals surface area contributed by atoms with Crippen LogP contribution in [0, 0.1) is 0 Å². The molecule has 0 spiro atoms. The lowest BCUT2D eigenvalue weighted by atomic mass is 10.2. The highest BCUT2D eigenvalue weighted by molar-refractivity contribution is 5.76. The topological polar surface area (TPSA) is 56.2 Å². The Morgan fingerprint density at radius 3 is 2.75 bits per heavy atom. The van der Waals surface area contributed by atoms with E-state index in [2.05, 4.69) is 4.98 Å². The molecule has 3 rings (SSSR count). The first-order valence-corrected chi connectivity index (χ1v) is 4.78. The first kappa shape index (κ1) is 8.91. The van der Waals surface area contributed by atoms with E-state index in [1.165, 1.54) is 6.26 Å². The highest BCUT2D eigenvalue weighted by Gasteiger charge is 2.09. The summed E-state index contributed by atoms with van der Waals surface area (Å²) in [5.41, 5.74) is 0.196.